The number of ether oxygens (including phenoxy) is 1. The summed E-state index contributed by atoms with van der Waals surface area (Å²) >= 11 is 1.52. The van der Waals surface area contributed by atoms with Crippen molar-refractivity contribution < 1.29 is 14.3 Å². The van der Waals surface area contributed by atoms with Crippen LogP contribution in [0, 0.1) is 0 Å². The Kier molecular flexibility index (Phi) is 2.94. The number of carbonyl (C=O) groups excluding carboxylic acids is 2. The molecule has 0 bridgehead atoms. The molecule has 0 unspecified atom stereocenters. The van der Waals surface area contributed by atoms with E-state index in [4.69, 9.17) is 10.5 Å². The highest BCUT2D eigenvalue weighted by Gasteiger charge is 2.27. The molecule has 0 saturated carbocycles. The highest BCUT2D eigenvalue weighted by Crippen LogP contribution is 2.39. The Morgan fingerprint density at radius 1 is 1.32 bits per heavy atom. The van der Waals surface area contributed by atoms with E-state index in [1.807, 2.05) is 0 Å². The van der Waals surface area contributed by atoms with E-state index in [0.717, 1.165) is 24.8 Å². The number of hydrogen-bond donors (Lipinski definition) is 2. The summed E-state index contributed by atoms with van der Waals surface area (Å²) in [7, 11) is 0. The van der Waals surface area contributed by atoms with Crippen LogP contribution in [0.3, 0.4) is 0 Å². The molecule has 0 radical (unpaired) electrons. The van der Waals surface area contributed by atoms with Crippen LogP contribution in [0.1, 0.15) is 32.8 Å². The summed E-state index contributed by atoms with van der Waals surface area (Å²) in [6.07, 6.45) is 3.00. The zero-order valence-electron chi connectivity index (χ0n) is 11.8. The first kappa shape index (κ1) is 13.3. The largest absolute Gasteiger partial charge is 0.482 e. The van der Waals surface area contributed by atoms with Gasteiger partial charge < -0.3 is 15.8 Å². The van der Waals surface area contributed by atoms with Gasteiger partial charge in [0.2, 0.25) is 0 Å². The second kappa shape index (κ2) is 4.84. The Hall–Kier alpha value is -2.34. The minimum Gasteiger partial charge on any atom is -0.482 e. The van der Waals surface area contributed by atoms with Crippen LogP contribution in [0.25, 0.3) is 0 Å². The molecule has 0 atom stereocenters. The summed E-state index contributed by atoms with van der Waals surface area (Å²) in [6.45, 7) is 0.00524. The molecule has 112 valence electrons. The van der Waals surface area contributed by atoms with Gasteiger partial charge in [0.25, 0.3) is 5.91 Å². The van der Waals surface area contributed by atoms with Crippen molar-refractivity contribution in [1.29, 1.82) is 0 Å². The molecule has 1 aliphatic heterocycles. The van der Waals surface area contributed by atoms with E-state index in [0.29, 0.717) is 27.6 Å². The molecule has 2 aliphatic rings. The number of anilines is 2. The van der Waals surface area contributed by atoms with Crippen LogP contribution < -0.4 is 15.8 Å². The van der Waals surface area contributed by atoms with Crippen molar-refractivity contribution in [3.8, 4) is 5.75 Å². The van der Waals surface area contributed by atoms with Crippen molar-refractivity contribution in [2.24, 2.45) is 0 Å². The number of carbonyl (C=O) groups is 2. The minimum absolute atomic E-state index is 0.00524. The summed E-state index contributed by atoms with van der Waals surface area (Å²) < 4.78 is 5.31. The Balaban J connectivity index is 1.75. The van der Waals surface area contributed by atoms with Crippen LogP contribution in [-0.4, -0.2) is 18.3 Å². The van der Waals surface area contributed by atoms with Crippen molar-refractivity contribution in [1.82, 2.24) is 0 Å². The highest BCUT2D eigenvalue weighted by atomic mass is 32.1. The zero-order valence-corrected chi connectivity index (χ0v) is 12.6. The van der Waals surface area contributed by atoms with Crippen LogP contribution in [0.2, 0.25) is 0 Å². The van der Waals surface area contributed by atoms with Crippen molar-refractivity contribution in [2.45, 2.75) is 19.3 Å². The number of fused-ring (bicyclic) bond motifs is 2. The average molecular weight is 314 g/mol. The molecule has 1 aromatic carbocycles. The number of hydrogen-bond acceptors (Lipinski definition) is 5. The molecular weight excluding hydrogens is 300 g/mol. The van der Waals surface area contributed by atoms with E-state index < -0.39 is 0 Å². The lowest BCUT2D eigenvalue weighted by atomic mass is 9.99. The number of nitrogens with one attached hydrogen (secondary N) is 1. The molecule has 0 spiro atoms. The van der Waals surface area contributed by atoms with Crippen LogP contribution >= 0.6 is 11.3 Å². The van der Waals surface area contributed by atoms with Gasteiger partial charge in [0.15, 0.2) is 12.4 Å². The third-order valence-electron chi connectivity index (χ3n) is 4.05. The van der Waals surface area contributed by atoms with Crippen LogP contribution in [0.15, 0.2) is 18.2 Å². The maximum absolute atomic E-state index is 12.8. The molecule has 22 heavy (non-hydrogen) atoms. The lowest BCUT2D eigenvalue weighted by Gasteiger charge is -2.18. The number of nitrogens with two attached hydrogens (primary N) is 1. The molecule has 4 rings (SSSR count). The fraction of sp³-hybridized carbons (Fsp3) is 0.250. The number of benzene rings is 1. The van der Waals surface area contributed by atoms with E-state index in [1.54, 1.807) is 18.2 Å². The number of aryl methyl sites for hydroxylation is 1. The van der Waals surface area contributed by atoms with Gasteiger partial charge in [0.1, 0.15) is 5.75 Å². The van der Waals surface area contributed by atoms with E-state index >= 15 is 0 Å². The topological polar surface area (TPSA) is 81.4 Å². The lowest BCUT2D eigenvalue weighted by Crippen LogP contribution is -2.25. The first-order chi connectivity index (χ1) is 10.6. The third kappa shape index (κ3) is 1.99. The third-order valence-corrected chi connectivity index (χ3v) is 5.17. The van der Waals surface area contributed by atoms with Crippen LogP contribution in [0.4, 0.5) is 10.7 Å². The van der Waals surface area contributed by atoms with Crippen molar-refractivity contribution in [3.63, 3.8) is 0 Å². The van der Waals surface area contributed by atoms with Crippen LogP contribution in [-0.2, 0) is 17.6 Å². The van der Waals surface area contributed by atoms with Crippen molar-refractivity contribution in [3.05, 3.63) is 39.8 Å². The first-order valence-electron chi connectivity index (χ1n) is 7.15. The molecule has 6 heteroatoms. The van der Waals surface area contributed by atoms with Gasteiger partial charge in [-0.2, -0.15) is 0 Å². The smallest absolute Gasteiger partial charge is 0.262 e. The normalized spacial score (nSPS) is 15.7. The number of ketones is 1. The zero-order chi connectivity index (χ0) is 15.3. The first-order valence-corrected chi connectivity index (χ1v) is 7.96. The highest BCUT2D eigenvalue weighted by molar-refractivity contribution is 7.16. The maximum Gasteiger partial charge on any atom is 0.262 e. The summed E-state index contributed by atoms with van der Waals surface area (Å²) in [4.78, 5) is 25.5. The lowest BCUT2D eigenvalue weighted by molar-refractivity contribution is -0.118. The Morgan fingerprint density at radius 3 is 3.05 bits per heavy atom. The predicted molar refractivity (Wildman–Crippen MR) is 84.8 cm³/mol. The molecule has 1 aliphatic carbocycles. The molecule has 2 heterocycles. The maximum atomic E-state index is 12.8. The molecule has 1 amide bonds. The number of amides is 1. The van der Waals surface area contributed by atoms with Gasteiger partial charge in [-0.3, -0.25) is 9.59 Å². The predicted octanol–water partition coefficient (Wildman–Crippen LogP) is 2.38. The number of thiophene rings is 1. The fourth-order valence-electron chi connectivity index (χ4n) is 3.04. The molecule has 1 aromatic heterocycles. The van der Waals surface area contributed by atoms with Gasteiger partial charge in [0.05, 0.1) is 16.3 Å². The monoisotopic (exact) mass is 314 g/mol. The van der Waals surface area contributed by atoms with E-state index in [-0.39, 0.29) is 18.3 Å². The molecule has 3 N–H and O–H groups in total. The second-order valence-corrected chi connectivity index (χ2v) is 6.61. The molecule has 0 saturated heterocycles. The molecular formula is C16H14N2O3S. The van der Waals surface area contributed by atoms with E-state index in [2.05, 4.69) is 5.32 Å². The SMILES string of the molecule is Nc1sc2c(c1C(=O)c1ccc3c(c1)NC(=O)CO3)CCC2. The standard InChI is InChI=1S/C16H14N2O3S/c17-16-14(9-2-1-3-12(9)22-16)15(20)8-4-5-11-10(6-8)18-13(19)7-21-11/h4-6H,1-3,7,17H2,(H,18,19). The second-order valence-electron chi connectivity index (χ2n) is 5.47. The Morgan fingerprint density at radius 2 is 2.18 bits per heavy atom. The van der Waals surface area contributed by atoms with Gasteiger partial charge >= 0.3 is 0 Å². The quantitative estimate of drug-likeness (QED) is 0.834. The van der Waals surface area contributed by atoms with Gasteiger partial charge in [-0.1, -0.05) is 0 Å². The molecule has 2 aromatic rings. The van der Waals surface area contributed by atoms with Gasteiger partial charge in [-0.15, -0.1) is 11.3 Å². The number of rotatable bonds is 2. The van der Waals surface area contributed by atoms with Gasteiger partial charge in [0, 0.05) is 10.4 Å². The van der Waals surface area contributed by atoms with Gasteiger partial charge in [-0.05, 0) is 43.0 Å². The van der Waals surface area contributed by atoms with E-state index in [1.165, 1.54) is 16.2 Å². The fourth-order valence-corrected chi connectivity index (χ4v) is 4.20. The summed E-state index contributed by atoms with van der Waals surface area (Å²) in [5.41, 5.74) is 8.85. The van der Waals surface area contributed by atoms with Crippen LogP contribution in [0.5, 0.6) is 5.75 Å². The van der Waals surface area contributed by atoms with Gasteiger partial charge in [-0.25, -0.2) is 0 Å². The number of nitrogen functional groups attached to an aromatic ring is 1. The Labute approximate surface area is 131 Å². The van der Waals surface area contributed by atoms with Crippen molar-refractivity contribution >= 4 is 33.7 Å². The molecule has 5 nitrogen and oxygen atoms in total. The van der Waals surface area contributed by atoms with E-state index in [9.17, 15) is 9.59 Å². The molecule has 0 fully saturated rings. The Bertz CT molecular complexity index is 810. The summed E-state index contributed by atoms with van der Waals surface area (Å²) in [5, 5.41) is 3.31. The summed E-state index contributed by atoms with van der Waals surface area (Å²) in [6, 6.07) is 5.09. The van der Waals surface area contributed by atoms with Crippen molar-refractivity contribution in [2.75, 3.05) is 17.7 Å². The summed E-state index contributed by atoms with van der Waals surface area (Å²) in [5.74, 6) is 0.284. The minimum atomic E-state index is -0.215. The average Bonchev–Trinajstić information content (AvgIpc) is 3.05.